The van der Waals surface area contributed by atoms with Crippen molar-refractivity contribution in [1.29, 1.82) is 0 Å². The normalized spacial score (nSPS) is 27.8. The minimum Gasteiger partial charge on any atom is -0.477 e. The monoisotopic (exact) mass is 424 g/mol. The van der Waals surface area contributed by atoms with Gasteiger partial charge in [-0.3, -0.25) is 0 Å². The van der Waals surface area contributed by atoms with Gasteiger partial charge in [0.25, 0.3) is 0 Å². The second-order valence-corrected chi connectivity index (χ2v) is 10.4. The number of carboxylic acid groups (broad SMARTS) is 1. The van der Waals surface area contributed by atoms with Crippen molar-refractivity contribution in [3.8, 4) is 0 Å². The molecule has 2 aliphatic carbocycles. The second kappa shape index (κ2) is 9.77. The van der Waals surface area contributed by atoms with Gasteiger partial charge in [-0.25, -0.2) is 4.79 Å². The number of alkyl halides is 1. The molecule has 1 unspecified atom stereocenters. The number of carboxylic acids is 1. The Kier molecular flexibility index (Phi) is 7.63. The zero-order chi connectivity index (χ0) is 20.1. The smallest absolute Gasteiger partial charge is 0.345 e. The van der Waals surface area contributed by atoms with E-state index in [1.807, 2.05) is 6.07 Å². The SMILES string of the molecule is CCC1(C(O)C/C=C/[C@@H]2[C@@H](CCCc3ccc(C(=O)O)s3)CC[C@H]2Cl)CCC1. The molecule has 2 saturated carbocycles. The number of aryl methyl sites for hydroxylation is 1. The van der Waals surface area contributed by atoms with Crippen LogP contribution in [0.25, 0.3) is 0 Å². The summed E-state index contributed by atoms with van der Waals surface area (Å²) >= 11 is 7.99. The molecule has 3 nitrogen and oxygen atoms in total. The Morgan fingerprint density at radius 3 is 2.79 bits per heavy atom. The summed E-state index contributed by atoms with van der Waals surface area (Å²) in [6, 6.07) is 3.64. The Labute approximate surface area is 177 Å². The first-order valence-corrected chi connectivity index (χ1v) is 12.0. The van der Waals surface area contributed by atoms with Crippen LogP contribution in [0.5, 0.6) is 0 Å². The predicted octanol–water partition coefficient (Wildman–Crippen LogP) is 6.29. The van der Waals surface area contributed by atoms with Crippen LogP contribution in [0, 0.1) is 17.3 Å². The van der Waals surface area contributed by atoms with Gasteiger partial charge in [0.1, 0.15) is 4.88 Å². The van der Waals surface area contributed by atoms with Gasteiger partial charge in [-0.2, -0.15) is 0 Å². The van der Waals surface area contributed by atoms with E-state index in [1.54, 1.807) is 6.07 Å². The van der Waals surface area contributed by atoms with Gasteiger partial charge in [-0.15, -0.1) is 22.9 Å². The van der Waals surface area contributed by atoms with Crippen LogP contribution in [0.4, 0.5) is 0 Å². The second-order valence-electron chi connectivity index (χ2n) is 8.64. The van der Waals surface area contributed by atoms with Crippen molar-refractivity contribution in [1.82, 2.24) is 0 Å². The molecule has 1 aromatic rings. The average Bonchev–Trinajstić information content (AvgIpc) is 3.23. The first-order valence-electron chi connectivity index (χ1n) is 10.8. The highest BCUT2D eigenvalue weighted by molar-refractivity contribution is 7.13. The standard InChI is InChI=1S/C23H33ClO3S/c1-2-23(14-5-15-23)21(25)9-4-8-18-16(10-12-19(18)24)6-3-7-17-11-13-20(28-17)22(26)27/h4,8,11,13,16,18-19,21,25H,2-3,5-7,9-10,12,14-15H2,1H3,(H,26,27)/b8-4+/t16-,18+,19+,21?/m0/s1. The lowest BCUT2D eigenvalue weighted by Crippen LogP contribution is -2.40. The van der Waals surface area contributed by atoms with E-state index in [9.17, 15) is 9.90 Å². The molecular formula is C23H33ClO3S. The lowest BCUT2D eigenvalue weighted by molar-refractivity contribution is -0.0355. The lowest BCUT2D eigenvalue weighted by atomic mass is 9.63. The molecule has 2 fully saturated rings. The van der Waals surface area contributed by atoms with Gasteiger partial charge in [0.2, 0.25) is 0 Å². The number of halogens is 1. The molecule has 2 aliphatic rings. The molecule has 1 heterocycles. The van der Waals surface area contributed by atoms with Gasteiger partial charge >= 0.3 is 5.97 Å². The first kappa shape index (κ1) is 21.9. The zero-order valence-corrected chi connectivity index (χ0v) is 18.4. The van der Waals surface area contributed by atoms with Gasteiger partial charge in [0.05, 0.1) is 6.10 Å². The fraction of sp³-hybridized carbons (Fsp3) is 0.696. The van der Waals surface area contributed by atoms with E-state index in [1.165, 1.54) is 17.8 Å². The summed E-state index contributed by atoms with van der Waals surface area (Å²) in [4.78, 5) is 12.6. The predicted molar refractivity (Wildman–Crippen MR) is 116 cm³/mol. The Bertz CT molecular complexity index is 674. The molecule has 28 heavy (non-hydrogen) atoms. The van der Waals surface area contributed by atoms with E-state index in [4.69, 9.17) is 16.7 Å². The molecule has 4 atom stereocenters. The highest BCUT2D eigenvalue weighted by Gasteiger charge is 2.41. The van der Waals surface area contributed by atoms with E-state index in [-0.39, 0.29) is 16.9 Å². The van der Waals surface area contributed by atoms with Crippen LogP contribution in [0.3, 0.4) is 0 Å². The number of rotatable bonds is 10. The quantitative estimate of drug-likeness (QED) is 0.342. The van der Waals surface area contributed by atoms with Gasteiger partial charge in [0, 0.05) is 10.3 Å². The number of thiophene rings is 1. The summed E-state index contributed by atoms with van der Waals surface area (Å²) < 4.78 is 0. The van der Waals surface area contributed by atoms with E-state index >= 15 is 0 Å². The number of hydrogen-bond donors (Lipinski definition) is 2. The lowest BCUT2D eigenvalue weighted by Gasteiger charge is -2.45. The van der Waals surface area contributed by atoms with Gasteiger partial charge in [0.15, 0.2) is 0 Å². The summed E-state index contributed by atoms with van der Waals surface area (Å²) in [6.45, 7) is 2.20. The molecule has 0 radical (unpaired) electrons. The van der Waals surface area contributed by atoms with Crippen molar-refractivity contribution in [2.45, 2.75) is 82.6 Å². The maximum absolute atomic E-state index is 11.0. The molecule has 0 saturated heterocycles. The molecule has 0 aliphatic heterocycles. The van der Waals surface area contributed by atoms with Gasteiger partial charge in [-0.05, 0) is 87.2 Å². The molecule has 0 amide bonds. The fourth-order valence-corrected chi connectivity index (χ4v) is 6.31. The first-order chi connectivity index (χ1) is 13.4. The van der Waals surface area contributed by atoms with Crippen LogP contribution in [-0.4, -0.2) is 27.7 Å². The van der Waals surface area contributed by atoms with Crippen molar-refractivity contribution < 1.29 is 15.0 Å². The third kappa shape index (κ3) is 5.01. The van der Waals surface area contributed by atoms with Crippen LogP contribution in [-0.2, 0) is 6.42 Å². The maximum Gasteiger partial charge on any atom is 0.345 e. The number of aliphatic hydroxyl groups excluding tert-OH is 1. The molecule has 3 rings (SSSR count). The van der Waals surface area contributed by atoms with E-state index in [0.717, 1.165) is 62.7 Å². The van der Waals surface area contributed by atoms with Gasteiger partial charge < -0.3 is 10.2 Å². The third-order valence-electron chi connectivity index (χ3n) is 7.12. The maximum atomic E-state index is 11.0. The van der Waals surface area contributed by atoms with Crippen LogP contribution >= 0.6 is 22.9 Å². The largest absolute Gasteiger partial charge is 0.477 e. The fourth-order valence-electron chi connectivity index (χ4n) is 5.00. The molecule has 0 bridgehead atoms. The Hall–Kier alpha value is -0.840. The summed E-state index contributed by atoms with van der Waals surface area (Å²) in [5.74, 6) is 0.153. The molecule has 0 spiro atoms. The number of carbonyl (C=O) groups is 1. The topological polar surface area (TPSA) is 57.5 Å². The highest BCUT2D eigenvalue weighted by atomic mass is 35.5. The molecule has 0 aromatic carbocycles. The van der Waals surface area contributed by atoms with Gasteiger partial charge in [-0.1, -0.05) is 25.5 Å². The third-order valence-corrected chi connectivity index (χ3v) is 8.77. The minimum absolute atomic E-state index is 0.162. The molecule has 1 aromatic heterocycles. The summed E-state index contributed by atoms with van der Waals surface area (Å²) in [6.07, 6.45) is 15.0. The Morgan fingerprint density at radius 1 is 1.39 bits per heavy atom. The average molecular weight is 425 g/mol. The van der Waals surface area contributed by atoms with Crippen molar-refractivity contribution >= 4 is 28.9 Å². The summed E-state index contributed by atoms with van der Waals surface area (Å²) in [5.41, 5.74) is 0.162. The highest BCUT2D eigenvalue weighted by Crippen LogP contribution is 2.48. The van der Waals surface area contributed by atoms with Crippen molar-refractivity contribution in [2.24, 2.45) is 17.3 Å². The van der Waals surface area contributed by atoms with Crippen LogP contribution < -0.4 is 0 Å². The van der Waals surface area contributed by atoms with E-state index in [0.29, 0.717) is 16.7 Å². The van der Waals surface area contributed by atoms with Crippen molar-refractivity contribution in [3.05, 3.63) is 34.0 Å². The Balaban J connectivity index is 1.47. The van der Waals surface area contributed by atoms with Crippen LogP contribution in [0.15, 0.2) is 24.3 Å². The van der Waals surface area contributed by atoms with Crippen LogP contribution in [0.2, 0.25) is 0 Å². The van der Waals surface area contributed by atoms with Crippen LogP contribution in [0.1, 0.15) is 79.3 Å². The molecule has 5 heteroatoms. The van der Waals surface area contributed by atoms with E-state index in [2.05, 4.69) is 19.1 Å². The van der Waals surface area contributed by atoms with Crippen molar-refractivity contribution in [3.63, 3.8) is 0 Å². The number of aliphatic hydroxyl groups is 1. The summed E-state index contributed by atoms with van der Waals surface area (Å²) in [5, 5.41) is 19.8. The number of allylic oxidation sites excluding steroid dienone is 1. The molecule has 2 N–H and O–H groups in total. The minimum atomic E-state index is -0.837. The summed E-state index contributed by atoms with van der Waals surface area (Å²) in [7, 11) is 0. The van der Waals surface area contributed by atoms with E-state index < -0.39 is 5.97 Å². The van der Waals surface area contributed by atoms with Crippen molar-refractivity contribution in [2.75, 3.05) is 0 Å². The zero-order valence-electron chi connectivity index (χ0n) is 16.8. The molecule has 156 valence electrons. The Morgan fingerprint density at radius 2 is 2.18 bits per heavy atom. The number of hydrogen-bond acceptors (Lipinski definition) is 3. The number of aromatic carboxylic acids is 1. The molecular weight excluding hydrogens is 392 g/mol.